The molecule has 0 aromatic heterocycles. The minimum absolute atomic E-state index is 0.164. The number of hydrogen-bond donors (Lipinski definition) is 1. The van der Waals surface area contributed by atoms with Crippen molar-refractivity contribution >= 4 is 27.3 Å². The molecule has 0 aliphatic heterocycles. The van der Waals surface area contributed by atoms with Crippen molar-refractivity contribution in [3.05, 3.63) is 32.3 Å². The average molecular weight is 341 g/mol. The van der Waals surface area contributed by atoms with Crippen LogP contribution in [0.5, 0.6) is 0 Å². The molecule has 2 atom stereocenters. The Morgan fingerprint density at radius 1 is 1.45 bits per heavy atom. The van der Waals surface area contributed by atoms with Gasteiger partial charge in [0.1, 0.15) is 0 Å². The lowest BCUT2D eigenvalue weighted by atomic mass is 9.84. The highest BCUT2D eigenvalue weighted by atomic mass is 79.9. The number of nitrogens with zero attached hydrogens (tertiary/aromatic N) is 1. The van der Waals surface area contributed by atoms with Crippen molar-refractivity contribution in [2.75, 3.05) is 5.32 Å². The van der Waals surface area contributed by atoms with Gasteiger partial charge >= 0.3 is 0 Å². The Hall–Kier alpha value is -1.10. The van der Waals surface area contributed by atoms with Crippen molar-refractivity contribution in [1.82, 2.24) is 0 Å². The van der Waals surface area contributed by atoms with Gasteiger partial charge in [0.2, 0.25) is 0 Å². The van der Waals surface area contributed by atoms with E-state index in [2.05, 4.69) is 28.2 Å². The Kier molecular flexibility index (Phi) is 5.02. The van der Waals surface area contributed by atoms with Crippen LogP contribution in [0, 0.1) is 23.0 Å². The van der Waals surface area contributed by atoms with Gasteiger partial charge in [-0.15, -0.1) is 0 Å². The van der Waals surface area contributed by atoms with Crippen LogP contribution in [0.4, 0.5) is 11.4 Å². The monoisotopic (exact) mass is 340 g/mol. The van der Waals surface area contributed by atoms with E-state index in [1.807, 2.05) is 6.07 Å². The lowest BCUT2D eigenvalue weighted by molar-refractivity contribution is -0.385. The second kappa shape index (κ2) is 6.57. The van der Waals surface area contributed by atoms with Gasteiger partial charge in [-0.2, -0.15) is 0 Å². The smallest absolute Gasteiger partial charge is 0.273 e. The van der Waals surface area contributed by atoms with Crippen molar-refractivity contribution in [2.45, 2.75) is 52.0 Å². The zero-order valence-corrected chi connectivity index (χ0v) is 13.6. The van der Waals surface area contributed by atoms with Crippen molar-refractivity contribution in [3.8, 4) is 0 Å². The minimum Gasteiger partial charge on any atom is -0.381 e. The van der Waals surface area contributed by atoms with Crippen LogP contribution < -0.4 is 5.32 Å². The van der Waals surface area contributed by atoms with Crippen molar-refractivity contribution in [2.24, 2.45) is 5.92 Å². The second-order valence-corrected chi connectivity index (χ2v) is 6.51. The highest BCUT2D eigenvalue weighted by Crippen LogP contribution is 2.34. The highest BCUT2D eigenvalue weighted by Gasteiger charge is 2.22. The third-order valence-electron chi connectivity index (χ3n) is 4.20. The molecule has 110 valence electrons. The van der Waals surface area contributed by atoms with Crippen LogP contribution in [0.3, 0.4) is 0 Å². The molecule has 0 heterocycles. The molecule has 0 spiro atoms. The summed E-state index contributed by atoms with van der Waals surface area (Å²) in [4.78, 5) is 10.6. The summed E-state index contributed by atoms with van der Waals surface area (Å²) < 4.78 is 0.772. The number of hydrogen-bond acceptors (Lipinski definition) is 3. The Balaban J connectivity index is 2.13. The third-order valence-corrected chi connectivity index (χ3v) is 4.86. The summed E-state index contributed by atoms with van der Waals surface area (Å²) in [6, 6.07) is 3.95. The fourth-order valence-corrected chi connectivity index (χ4v) is 3.44. The molecule has 1 aromatic rings. The number of nitrogens with one attached hydrogen (secondary N) is 1. The fraction of sp³-hybridized carbons (Fsp3) is 0.600. The number of aryl methyl sites for hydroxylation is 1. The molecule has 20 heavy (non-hydrogen) atoms. The number of anilines is 1. The Morgan fingerprint density at radius 3 is 2.85 bits per heavy atom. The second-order valence-electron chi connectivity index (χ2n) is 5.66. The first-order chi connectivity index (χ1) is 9.51. The number of halogens is 1. The van der Waals surface area contributed by atoms with Gasteiger partial charge in [0.05, 0.1) is 4.92 Å². The van der Waals surface area contributed by atoms with Gasteiger partial charge in [-0.3, -0.25) is 10.1 Å². The molecule has 1 aliphatic carbocycles. The number of rotatable bonds is 4. The third kappa shape index (κ3) is 3.51. The molecule has 0 amide bonds. The van der Waals surface area contributed by atoms with Crippen LogP contribution >= 0.6 is 15.9 Å². The summed E-state index contributed by atoms with van der Waals surface area (Å²) in [6.45, 7) is 4.03. The zero-order valence-electron chi connectivity index (χ0n) is 12.0. The molecule has 0 bridgehead atoms. The molecule has 1 fully saturated rings. The molecule has 2 rings (SSSR count). The molecule has 0 radical (unpaired) electrons. The standard InChI is InChI=1S/C15H21BrN2O2/c1-3-11-5-4-6-12(8-11)17-14-7-10(2)15(18(19)20)9-13(14)16/h7,9,11-12,17H,3-6,8H2,1-2H3. The van der Waals surface area contributed by atoms with Gasteiger partial charge in [-0.25, -0.2) is 0 Å². The van der Waals surface area contributed by atoms with Crippen LogP contribution in [0.15, 0.2) is 16.6 Å². The predicted octanol–water partition coefficient (Wildman–Crippen LogP) is 5.05. The molecule has 5 heteroatoms. The van der Waals surface area contributed by atoms with Crippen LogP contribution in [-0.4, -0.2) is 11.0 Å². The Morgan fingerprint density at radius 2 is 2.20 bits per heavy atom. The maximum Gasteiger partial charge on any atom is 0.273 e. The van der Waals surface area contributed by atoms with E-state index in [9.17, 15) is 10.1 Å². The quantitative estimate of drug-likeness (QED) is 0.616. The summed E-state index contributed by atoms with van der Waals surface area (Å²) in [7, 11) is 0. The van der Waals surface area contributed by atoms with E-state index in [-0.39, 0.29) is 10.6 Å². The lowest BCUT2D eigenvalue weighted by Crippen LogP contribution is -2.27. The van der Waals surface area contributed by atoms with Crippen LogP contribution in [0.2, 0.25) is 0 Å². The molecular weight excluding hydrogens is 320 g/mol. The van der Waals surface area contributed by atoms with Crippen molar-refractivity contribution in [3.63, 3.8) is 0 Å². The summed E-state index contributed by atoms with van der Waals surface area (Å²) in [6.07, 6.45) is 6.20. The summed E-state index contributed by atoms with van der Waals surface area (Å²) in [5.74, 6) is 0.805. The van der Waals surface area contributed by atoms with E-state index in [0.717, 1.165) is 16.1 Å². The van der Waals surface area contributed by atoms with Gasteiger partial charge in [0.15, 0.2) is 0 Å². The van der Waals surface area contributed by atoms with E-state index in [1.54, 1.807) is 13.0 Å². The highest BCUT2D eigenvalue weighted by molar-refractivity contribution is 9.10. The first-order valence-corrected chi connectivity index (χ1v) is 8.01. The van der Waals surface area contributed by atoms with Gasteiger partial charge in [-0.1, -0.05) is 26.2 Å². The summed E-state index contributed by atoms with van der Waals surface area (Å²) in [5.41, 5.74) is 1.83. The molecule has 1 aliphatic rings. The van der Waals surface area contributed by atoms with Crippen LogP contribution in [0.25, 0.3) is 0 Å². The topological polar surface area (TPSA) is 55.2 Å². The maximum atomic E-state index is 10.9. The molecule has 1 aromatic carbocycles. The van der Waals surface area contributed by atoms with Crippen molar-refractivity contribution in [1.29, 1.82) is 0 Å². The van der Waals surface area contributed by atoms with E-state index in [0.29, 0.717) is 11.6 Å². The van der Waals surface area contributed by atoms with Gasteiger partial charge in [0.25, 0.3) is 5.69 Å². The van der Waals surface area contributed by atoms with Crippen LogP contribution in [-0.2, 0) is 0 Å². The number of benzene rings is 1. The van der Waals surface area contributed by atoms with E-state index >= 15 is 0 Å². The van der Waals surface area contributed by atoms with Crippen molar-refractivity contribution < 1.29 is 4.92 Å². The Labute approximate surface area is 128 Å². The molecule has 0 saturated heterocycles. The average Bonchev–Trinajstić information content (AvgIpc) is 2.42. The van der Waals surface area contributed by atoms with Gasteiger partial charge in [-0.05, 0) is 47.7 Å². The maximum absolute atomic E-state index is 10.9. The lowest BCUT2D eigenvalue weighted by Gasteiger charge is -2.30. The van der Waals surface area contributed by atoms with E-state index in [1.165, 1.54) is 32.1 Å². The Bertz CT molecular complexity index is 505. The number of nitro benzene ring substituents is 1. The van der Waals surface area contributed by atoms with Gasteiger partial charge < -0.3 is 5.32 Å². The van der Waals surface area contributed by atoms with Crippen LogP contribution in [0.1, 0.15) is 44.6 Å². The molecular formula is C15H21BrN2O2. The number of nitro groups is 1. The molecule has 1 saturated carbocycles. The van der Waals surface area contributed by atoms with E-state index < -0.39 is 0 Å². The molecule has 1 N–H and O–H groups in total. The summed E-state index contributed by atoms with van der Waals surface area (Å²) >= 11 is 3.44. The first kappa shape index (κ1) is 15.3. The minimum atomic E-state index is -0.336. The molecule has 2 unspecified atom stereocenters. The van der Waals surface area contributed by atoms with Gasteiger partial charge in [0, 0.05) is 27.8 Å². The molecule has 4 nitrogen and oxygen atoms in total. The summed E-state index contributed by atoms with van der Waals surface area (Å²) in [5, 5.41) is 14.5. The predicted molar refractivity (Wildman–Crippen MR) is 85.2 cm³/mol. The SMILES string of the molecule is CCC1CCCC(Nc2cc(C)c([N+](=O)[O-])cc2Br)C1. The first-order valence-electron chi connectivity index (χ1n) is 7.22. The normalized spacial score (nSPS) is 22.6. The van der Waals surface area contributed by atoms with E-state index in [4.69, 9.17) is 0 Å². The zero-order chi connectivity index (χ0) is 14.7. The fourth-order valence-electron chi connectivity index (χ4n) is 2.99. The largest absolute Gasteiger partial charge is 0.381 e.